The Morgan fingerprint density at radius 2 is 0.803 bits per heavy atom. The maximum Gasteiger partial charge on any atom is 0.472 e. The Labute approximate surface area is 412 Å². The molecule has 0 bridgehead atoms. The second-order valence-corrected chi connectivity index (χ2v) is 22.8. The predicted octanol–water partition coefficient (Wildman–Crippen LogP) is 17.4. The lowest BCUT2D eigenvalue weighted by Crippen LogP contribution is -2.45. The van der Waals surface area contributed by atoms with Crippen LogP contribution in [-0.4, -0.2) is 73.4 Å². The summed E-state index contributed by atoms with van der Waals surface area (Å²) in [6.45, 7) is 4.86. The summed E-state index contributed by atoms with van der Waals surface area (Å²) in [6, 6.07) is -0.841. The van der Waals surface area contributed by atoms with Crippen LogP contribution in [0.15, 0.2) is 12.2 Å². The van der Waals surface area contributed by atoms with Crippen molar-refractivity contribution in [2.45, 2.75) is 309 Å². The van der Waals surface area contributed by atoms with E-state index in [1.165, 1.54) is 244 Å². The summed E-state index contributed by atoms with van der Waals surface area (Å²) in [5, 5.41) is 13.9. The van der Waals surface area contributed by atoms with Crippen molar-refractivity contribution in [3.63, 3.8) is 0 Å². The van der Waals surface area contributed by atoms with Crippen molar-refractivity contribution in [3.05, 3.63) is 12.2 Å². The number of allylic oxidation sites excluding steroid dienone is 1. The number of carbonyl (C=O) groups is 1. The molecule has 0 heterocycles. The molecule has 3 N–H and O–H groups in total. The number of carbonyl (C=O) groups excluding carboxylic acids is 1. The van der Waals surface area contributed by atoms with Gasteiger partial charge in [0.2, 0.25) is 5.91 Å². The normalized spacial score (nSPS) is 14.0. The smallest absolute Gasteiger partial charge is 0.387 e. The topological polar surface area (TPSA) is 105 Å². The molecule has 0 radical (unpaired) electrons. The molecule has 8 nitrogen and oxygen atoms in total. The van der Waals surface area contributed by atoms with Gasteiger partial charge in [-0.3, -0.25) is 13.8 Å². The number of quaternary nitrogens is 1. The van der Waals surface area contributed by atoms with Gasteiger partial charge in [-0.1, -0.05) is 283 Å². The molecule has 66 heavy (non-hydrogen) atoms. The summed E-state index contributed by atoms with van der Waals surface area (Å²) in [5.74, 6) is -0.171. The van der Waals surface area contributed by atoms with Crippen LogP contribution in [0.4, 0.5) is 0 Å². The number of phosphoric acid groups is 1. The number of nitrogens with zero attached hydrogens (tertiary/aromatic N) is 1. The van der Waals surface area contributed by atoms with Gasteiger partial charge in [0.25, 0.3) is 0 Å². The minimum absolute atomic E-state index is 0.0651. The van der Waals surface area contributed by atoms with E-state index in [0.29, 0.717) is 17.4 Å². The van der Waals surface area contributed by atoms with Crippen LogP contribution in [0.3, 0.4) is 0 Å². The number of hydrogen-bond donors (Lipinski definition) is 3. The number of rotatable bonds is 54. The van der Waals surface area contributed by atoms with Gasteiger partial charge in [0.05, 0.1) is 39.9 Å². The van der Waals surface area contributed by atoms with E-state index in [2.05, 4.69) is 19.2 Å². The number of nitrogens with one attached hydrogen (secondary N) is 1. The van der Waals surface area contributed by atoms with E-state index in [1.807, 2.05) is 27.2 Å². The molecule has 0 saturated heterocycles. The second-order valence-electron chi connectivity index (χ2n) is 21.4. The third-order valence-corrected chi connectivity index (χ3v) is 14.5. The van der Waals surface area contributed by atoms with Crippen molar-refractivity contribution in [2.75, 3.05) is 40.9 Å². The quantitative estimate of drug-likeness (QED) is 0.0243. The summed E-state index contributed by atoms with van der Waals surface area (Å²) >= 11 is 0. The van der Waals surface area contributed by atoms with Crippen LogP contribution >= 0.6 is 7.82 Å². The maximum absolute atomic E-state index is 12.9. The summed E-state index contributed by atoms with van der Waals surface area (Å²) in [6.07, 6.45) is 60.3. The highest BCUT2D eigenvalue weighted by Gasteiger charge is 2.27. The minimum atomic E-state index is -4.34. The highest BCUT2D eigenvalue weighted by atomic mass is 31.2. The summed E-state index contributed by atoms with van der Waals surface area (Å²) in [4.78, 5) is 23.3. The number of unbranched alkanes of at least 4 members (excludes halogenated alkanes) is 41. The molecule has 0 aromatic carbocycles. The van der Waals surface area contributed by atoms with Crippen molar-refractivity contribution in [1.29, 1.82) is 0 Å². The SMILES string of the molecule is CCCCCCCCCCCCCCCCCCCCCCCCCCCC/C=C/C(O)C(COP(=O)(O)OCC[N+](C)(C)C)NC(=O)CCCCCCCCCCCCCCCCCC. The molecular weight excluding hydrogens is 840 g/mol. The zero-order valence-corrected chi connectivity index (χ0v) is 45.9. The van der Waals surface area contributed by atoms with Crippen molar-refractivity contribution in [2.24, 2.45) is 0 Å². The largest absolute Gasteiger partial charge is 0.472 e. The van der Waals surface area contributed by atoms with Gasteiger partial charge < -0.3 is 19.8 Å². The average Bonchev–Trinajstić information content (AvgIpc) is 3.28. The highest BCUT2D eigenvalue weighted by molar-refractivity contribution is 7.47. The number of aliphatic hydroxyl groups excluding tert-OH is 1. The van der Waals surface area contributed by atoms with Crippen LogP contribution < -0.4 is 5.32 Å². The van der Waals surface area contributed by atoms with Gasteiger partial charge in [0.1, 0.15) is 13.2 Å². The van der Waals surface area contributed by atoms with Gasteiger partial charge >= 0.3 is 7.82 Å². The summed E-state index contributed by atoms with van der Waals surface area (Å²) in [5.41, 5.74) is 0. The number of amides is 1. The molecule has 1 amide bonds. The Morgan fingerprint density at radius 1 is 0.500 bits per heavy atom. The Bertz CT molecular complexity index is 1080. The van der Waals surface area contributed by atoms with Crippen molar-refractivity contribution >= 4 is 13.7 Å². The number of aliphatic hydroxyl groups is 1. The van der Waals surface area contributed by atoms with E-state index in [0.717, 1.165) is 32.1 Å². The number of phosphoric ester groups is 1. The van der Waals surface area contributed by atoms with Gasteiger partial charge in [-0.15, -0.1) is 0 Å². The lowest BCUT2D eigenvalue weighted by molar-refractivity contribution is -0.870. The molecule has 9 heteroatoms. The third kappa shape index (κ3) is 51.1. The second kappa shape index (κ2) is 49.2. The fourth-order valence-electron chi connectivity index (χ4n) is 8.93. The molecule has 0 aliphatic carbocycles. The molecule has 0 spiro atoms. The molecule has 0 aliphatic rings. The molecule has 0 saturated carbocycles. The van der Waals surface area contributed by atoms with E-state index in [1.54, 1.807) is 6.08 Å². The van der Waals surface area contributed by atoms with Crippen LogP contribution in [0.5, 0.6) is 0 Å². The monoisotopic (exact) mass is 956 g/mol. The summed E-state index contributed by atoms with van der Waals surface area (Å²) < 4.78 is 23.7. The summed E-state index contributed by atoms with van der Waals surface area (Å²) in [7, 11) is 1.59. The van der Waals surface area contributed by atoms with Crippen molar-refractivity contribution < 1.29 is 32.9 Å². The van der Waals surface area contributed by atoms with Gasteiger partial charge in [-0.2, -0.15) is 0 Å². The maximum atomic E-state index is 12.9. The van der Waals surface area contributed by atoms with E-state index < -0.39 is 20.0 Å². The molecule has 0 aromatic heterocycles. The lowest BCUT2D eigenvalue weighted by atomic mass is 10.0. The zero-order valence-electron chi connectivity index (χ0n) is 45.0. The number of likely N-dealkylation sites (N-methyl/N-ethyl adjacent to an activating group) is 1. The molecular formula is C57H116N2O6P+. The Balaban J connectivity index is 4.12. The third-order valence-electron chi connectivity index (χ3n) is 13.5. The Kier molecular flexibility index (Phi) is 48.7. The lowest BCUT2D eigenvalue weighted by Gasteiger charge is -2.25. The number of hydrogen-bond acceptors (Lipinski definition) is 5. The predicted molar refractivity (Wildman–Crippen MR) is 286 cm³/mol. The molecule has 0 rings (SSSR count). The first-order valence-corrected chi connectivity index (χ1v) is 30.6. The van der Waals surface area contributed by atoms with E-state index in [9.17, 15) is 19.4 Å². The van der Waals surface area contributed by atoms with Gasteiger partial charge in [0, 0.05) is 6.42 Å². The molecule has 0 fully saturated rings. The van der Waals surface area contributed by atoms with E-state index in [-0.39, 0.29) is 19.1 Å². The minimum Gasteiger partial charge on any atom is -0.387 e. The molecule has 3 atom stereocenters. The van der Waals surface area contributed by atoms with Gasteiger partial charge in [-0.05, 0) is 19.3 Å². The van der Waals surface area contributed by atoms with E-state index >= 15 is 0 Å². The standard InChI is InChI=1S/C57H115N2O6P/c1-6-8-10-12-14-16-18-20-22-24-25-26-27-28-29-30-31-32-33-34-35-36-38-40-42-44-46-48-50-56(60)55(54-65-66(62,63)64-53-52-59(3,4)5)58-57(61)51-49-47-45-43-41-39-37-23-21-19-17-15-13-11-9-7-2/h48,50,55-56,60H,6-47,49,51-54H2,1-5H3,(H-,58,61,62,63)/p+1/b50-48+. The average molecular weight is 957 g/mol. The molecule has 394 valence electrons. The fourth-order valence-corrected chi connectivity index (χ4v) is 9.66. The van der Waals surface area contributed by atoms with Crippen LogP contribution in [-0.2, 0) is 18.4 Å². The molecule has 0 aromatic rings. The van der Waals surface area contributed by atoms with Crippen LogP contribution in [0.2, 0.25) is 0 Å². The van der Waals surface area contributed by atoms with Crippen LogP contribution in [0, 0.1) is 0 Å². The highest BCUT2D eigenvalue weighted by Crippen LogP contribution is 2.43. The fraction of sp³-hybridized carbons (Fsp3) is 0.947. The first kappa shape index (κ1) is 65.2. The van der Waals surface area contributed by atoms with Crippen molar-refractivity contribution in [3.8, 4) is 0 Å². The van der Waals surface area contributed by atoms with E-state index in [4.69, 9.17) is 9.05 Å². The first-order valence-electron chi connectivity index (χ1n) is 29.1. The zero-order chi connectivity index (χ0) is 48.5. The van der Waals surface area contributed by atoms with Crippen LogP contribution in [0.25, 0.3) is 0 Å². The molecule has 3 unspecified atom stereocenters. The Hall–Kier alpha value is -0.760. The first-order chi connectivity index (χ1) is 32.0. The van der Waals surface area contributed by atoms with Crippen molar-refractivity contribution in [1.82, 2.24) is 5.32 Å². The molecule has 0 aliphatic heterocycles. The van der Waals surface area contributed by atoms with Gasteiger partial charge in [-0.25, -0.2) is 4.57 Å². The Morgan fingerprint density at radius 3 is 1.12 bits per heavy atom. The van der Waals surface area contributed by atoms with Gasteiger partial charge in [0.15, 0.2) is 0 Å². The van der Waals surface area contributed by atoms with Crippen LogP contribution in [0.1, 0.15) is 296 Å².